The van der Waals surface area contributed by atoms with Gasteiger partial charge < -0.3 is 21.0 Å². The molecule has 2 aromatic rings. The van der Waals surface area contributed by atoms with Crippen LogP contribution < -0.4 is 5.32 Å². The zero-order valence-corrected chi connectivity index (χ0v) is 15.2. The highest BCUT2D eigenvalue weighted by Gasteiger charge is 2.43. The van der Waals surface area contributed by atoms with E-state index in [9.17, 15) is 14.0 Å². The summed E-state index contributed by atoms with van der Waals surface area (Å²) >= 11 is 0. The summed E-state index contributed by atoms with van der Waals surface area (Å²) in [4.78, 5) is 18.2. The van der Waals surface area contributed by atoms with Crippen molar-refractivity contribution in [3.8, 4) is 6.07 Å². The fourth-order valence-corrected chi connectivity index (χ4v) is 3.31. The number of aliphatic carboxylic acids is 2. The van der Waals surface area contributed by atoms with Gasteiger partial charge in [0.1, 0.15) is 17.0 Å². The third-order valence-electron chi connectivity index (χ3n) is 4.63. The number of carboxylic acids is 2. The molecule has 0 spiro atoms. The number of benzene rings is 2. The number of halogens is 2. The molecule has 1 fully saturated rings. The SMILES string of the molecule is N#CC(c1ccc(F)cc1)(c1ccc(F)cc1)C1CCNC1.O.O=C(O)C(=O)O. The topological polar surface area (TPSA) is 142 Å². The Hall–Kier alpha value is -3.35. The number of hydrogen-bond donors (Lipinski definition) is 3. The quantitative estimate of drug-likeness (QED) is 0.663. The third-order valence-corrected chi connectivity index (χ3v) is 4.63. The van der Waals surface area contributed by atoms with Gasteiger partial charge in [0.25, 0.3) is 0 Å². The first-order valence-electron chi connectivity index (χ1n) is 8.41. The molecule has 154 valence electrons. The van der Waals surface area contributed by atoms with Crippen molar-refractivity contribution in [1.29, 1.82) is 5.26 Å². The van der Waals surface area contributed by atoms with Crippen LogP contribution in [0.15, 0.2) is 48.5 Å². The summed E-state index contributed by atoms with van der Waals surface area (Å²) in [5.41, 5.74) is 0.596. The van der Waals surface area contributed by atoms with Gasteiger partial charge in [0.2, 0.25) is 0 Å². The zero-order chi connectivity index (χ0) is 20.7. The van der Waals surface area contributed by atoms with E-state index in [4.69, 9.17) is 19.8 Å². The Kier molecular flexibility index (Phi) is 8.38. The fourth-order valence-electron chi connectivity index (χ4n) is 3.31. The third kappa shape index (κ3) is 5.34. The van der Waals surface area contributed by atoms with Crippen LogP contribution in [0.3, 0.4) is 0 Å². The van der Waals surface area contributed by atoms with Crippen LogP contribution in [0.5, 0.6) is 0 Å². The van der Waals surface area contributed by atoms with Crippen molar-refractivity contribution < 1.29 is 34.1 Å². The van der Waals surface area contributed by atoms with Crippen molar-refractivity contribution in [3.05, 3.63) is 71.3 Å². The standard InChI is InChI=1S/C18H16F2N2.C2H2O4.H2O/c19-16-5-1-13(2-6-16)18(12-21,15-9-10-22-11-15)14-3-7-17(20)8-4-14;3-1(4)2(5)6;/h1-8,15,22H,9-11H2;(H,3,4)(H,5,6);1H2. The number of carbonyl (C=O) groups is 2. The molecule has 1 unspecified atom stereocenters. The molecule has 1 heterocycles. The monoisotopic (exact) mass is 406 g/mol. The highest BCUT2D eigenvalue weighted by Crippen LogP contribution is 2.41. The lowest BCUT2D eigenvalue weighted by atomic mass is 9.66. The van der Waals surface area contributed by atoms with Crippen LogP contribution in [0.2, 0.25) is 0 Å². The molecule has 0 amide bonds. The smallest absolute Gasteiger partial charge is 0.414 e. The lowest BCUT2D eigenvalue weighted by Gasteiger charge is -2.33. The van der Waals surface area contributed by atoms with Crippen molar-refractivity contribution in [1.82, 2.24) is 5.32 Å². The molecule has 1 saturated heterocycles. The number of nitrogens with one attached hydrogen (secondary N) is 1. The van der Waals surface area contributed by atoms with E-state index in [1.165, 1.54) is 24.3 Å². The molecule has 0 bridgehead atoms. The van der Waals surface area contributed by atoms with Gasteiger partial charge in [-0.15, -0.1) is 0 Å². The van der Waals surface area contributed by atoms with Gasteiger partial charge in [0.15, 0.2) is 0 Å². The van der Waals surface area contributed by atoms with E-state index in [0.29, 0.717) is 6.54 Å². The van der Waals surface area contributed by atoms with E-state index in [1.54, 1.807) is 24.3 Å². The van der Waals surface area contributed by atoms with Gasteiger partial charge in [-0.3, -0.25) is 0 Å². The largest absolute Gasteiger partial charge is 0.473 e. The van der Waals surface area contributed by atoms with Crippen LogP contribution in [0, 0.1) is 28.9 Å². The van der Waals surface area contributed by atoms with Crippen LogP contribution in [0.4, 0.5) is 8.78 Å². The molecule has 7 nitrogen and oxygen atoms in total. The maximum absolute atomic E-state index is 13.3. The van der Waals surface area contributed by atoms with Gasteiger partial charge >= 0.3 is 11.9 Å². The summed E-state index contributed by atoms with van der Waals surface area (Å²) in [6.45, 7) is 1.55. The summed E-state index contributed by atoms with van der Waals surface area (Å²) < 4.78 is 26.5. The van der Waals surface area contributed by atoms with E-state index < -0.39 is 17.4 Å². The summed E-state index contributed by atoms with van der Waals surface area (Å²) in [6.07, 6.45) is 0.850. The van der Waals surface area contributed by atoms with E-state index in [-0.39, 0.29) is 23.0 Å². The number of nitrogens with zero attached hydrogens (tertiary/aromatic N) is 1. The number of nitriles is 1. The zero-order valence-electron chi connectivity index (χ0n) is 15.2. The number of carboxylic acid groups (broad SMARTS) is 2. The minimum Gasteiger partial charge on any atom is -0.473 e. The number of rotatable bonds is 3. The Labute approximate surface area is 165 Å². The lowest BCUT2D eigenvalue weighted by Crippen LogP contribution is -2.36. The maximum atomic E-state index is 13.3. The Morgan fingerprint density at radius 2 is 1.38 bits per heavy atom. The van der Waals surface area contributed by atoms with Crippen molar-refractivity contribution in [2.45, 2.75) is 11.8 Å². The van der Waals surface area contributed by atoms with Crippen molar-refractivity contribution >= 4 is 11.9 Å². The highest BCUT2D eigenvalue weighted by atomic mass is 19.1. The predicted molar refractivity (Wildman–Crippen MR) is 99.1 cm³/mol. The maximum Gasteiger partial charge on any atom is 0.414 e. The molecule has 1 atom stereocenters. The first-order chi connectivity index (χ1) is 13.3. The molecule has 3 rings (SSSR count). The van der Waals surface area contributed by atoms with Gasteiger partial charge in [-0.25, -0.2) is 18.4 Å². The first kappa shape index (κ1) is 23.7. The van der Waals surface area contributed by atoms with E-state index in [0.717, 1.165) is 24.1 Å². The van der Waals surface area contributed by atoms with Crippen LogP contribution in [-0.4, -0.2) is 40.7 Å². The molecule has 0 saturated carbocycles. The average Bonchev–Trinajstić information content (AvgIpc) is 3.21. The normalized spacial score (nSPS) is 15.3. The molecule has 0 aromatic heterocycles. The number of hydrogen-bond acceptors (Lipinski definition) is 4. The Bertz CT molecular complexity index is 816. The second-order valence-electron chi connectivity index (χ2n) is 6.23. The molecule has 9 heteroatoms. The van der Waals surface area contributed by atoms with Crippen LogP contribution >= 0.6 is 0 Å². The van der Waals surface area contributed by atoms with Crippen LogP contribution in [-0.2, 0) is 15.0 Å². The Balaban J connectivity index is 0.000000529. The summed E-state index contributed by atoms with van der Waals surface area (Å²) in [5, 5.41) is 28.1. The molecule has 1 aliphatic heterocycles. The predicted octanol–water partition coefficient (Wildman–Crippen LogP) is 1.71. The van der Waals surface area contributed by atoms with Gasteiger partial charge in [0.05, 0.1) is 6.07 Å². The van der Waals surface area contributed by atoms with Crippen LogP contribution in [0.1, 0.15) is 17.5 Å². The Morgan fingerprint density at radius 1 is 0.966 bits per heavy atom. The lowest BCUT2D eigenvalue weighted by molar-refractivity contribution is -0.159. The van der Waals surface area contributed by atoms with E-state index in [1.807, 2.05) is 0 Å². The van der Waals surface area contributed by atoms with E-state index >= 15 is 0 Å². The van der Waals surface area contributed by atoms with Crippen molar-refractivity contribution in [3.63, 3.8) is 0 Å². The minimum atomic E-state index is -1.82. The molecule has 29 heavy (non-hydrogen) atoms. The van der Waals surface area contributed by atoms with E-state index in [2.05, 4.69) is 11.4 Å². The average molecular weight is 406 g/mol. The fraction of sp³-hybridized carbons (Fsp3) is 0.250. The van der Waals surface area contributed by atoms with Crippen molar-refractivity contribution in [2.75, 3.05) is 13.1 Å². The van der Waals surface area contributed by atoms with Crippen molar-refractivity contribution in [2.24, 2.45) is 5.92 Å². The van der Waals surface area contributed by atoms with Gasteiger partial charge in [-0.2, -0.15) is 5.26 Å². The van der Waals surface area contributed by atoms with Gasteiger partial charge in [-0.1, -0.05) is 24.3 Å². The first-order valence-corrected chi connectivity index (χ1v) is 8.41. The second-order valence-corrected chi connectivity index (χ2v) is 6.23. The molecule has 0 radical (unpaired) electrons. The highest BCUT2D eigenvalue weighted by molar-refractivity contribution is 6.27. The molecular formula is C20H20F2N2O5. The molecule has 2 aromatic carbocycles. The molecule has 1 aliphatic rings. The molecular weight excluding hydrogens is 386 g/mol. The summed E-state index contributed by atoms with van der Waals surface area (Å²) in [5.74, 6) is -4.25. The molecule has 0 aliphatic carbocycles. The van der Waals surface area contributed by atoms with Gasteiger partial charge in [-0.05, 0) is 54.3 Å². The summed E-state index contributed by atoms with van der Waals surface area (Å²) in [7, 11) is 0. The second kappa shape index (κ2) is 10.3. The van der Waals surface area contributed by atoms with Crippen LogP contribution in [0.25, 0.3) is 0 Å². The summed E-state index contributed by atoms with van der Waals surface area (Å²) in [6, 6.07) is 14.5. The Morgan fingerprint density at radius 3 is 1.66 bits per heavy atom. The molecule has 5 N–H and O–H groups in total. The minimum absolute atomic E-state index is 0. The van der Waals surface area contributed by atoms with Gasteiger partial charge in [0, 0.05) is 6.54 Å².